The molecule has 0 unspecified atom stereocenters. The third-order valence-corrected chi connectivity index (χ3v) is 8.21. The molecule has 0 bridgehead atoms. The zero-order valence-corrected chi connectivity index (χ0v) is 24.2. The van der Waals surface area contributed by atoms with Crippen LogP contribution in [0.15, 0.2) is 66.9 Å². The van der Waals surface area contributed by atoms with Crippen LogP contribution in [-0.4, -0.2) is 51.5 Å². The van der Waals surface area contributed by atoms with Gasteiger partial charge in [-0.15, -0.1) is 0 Å². The van der Waals surface area contributed by atoms with Crippen LogP contribution in [-0.2, 0) is 10.9 Å². The summed E-state index contributed by atoms with van der Waals surface area (Å²) in [5.41, 5.74) is -0.401. The average Bonchev–Trinajstić information content (AvgIpc) is 3.73. The number of benzene rings is 3. The van der Waals surface area contributed by atoms with Crippen molar-refractivity contribution in [1.82, 2.24) is 15.0 Å². The van der Waals surface area contributed by atoms with Crippen molar-refractivity contribution in [2.75, 3.05) is 23.9 Å². The number of halogens is 3. The smallest absolute Gasteiger partial charge is 0.432 e. The first-order valence-electron chi connectivity index (χ1n) is 14.1. The van der Waals surface area contributed by atoms with Gasteiger partial charge in [0.15, 0.2) is 0 Å². The molecule has 0 radical (unpaired) electrons. The average molecular weight is 628 g/mol. The molecule has 4 N–H and O–H groups in total. The first kappa shape index (κ1) is 28.9. The van der Waals surface area contributed by atoms with Crippen LogP contribution in [0, 0.1) is 0 Å². The zero-order valence-electron chi connectivity index (χ0n) is 24.2. The molecule has 1 aliphatic rings. The van der Waals surface area contributed by atoms with E-state index in [1.54, 1.807) is 43.5 Å². The van der Waals surface area contributed by atoms with Crippen molar-refractivity contribution >= 4 is 61.7 Å². The highest BCUT2D eigenvalue weighted by atomic mass is 19.4. The summed E-state index contributed by atoms with van der Waals surface area (Å²) in [5.74, 6) is -3.18. The van der Waals surface area contributed by atoms with E-state index in [9.17, 15) is 32.7 Å². The fourth-order valence-electron chi connectivity index (χ4n) is 6.14. The summed E-state index contributed by atoms with van der Waals surface area (Å²) in [5, 5.41) is 15.8. The van der Waals surface area contributed by atoms with Crippen molar-refractivity contribution in [1.29, 1.82) is 0 Å². The number of carbonyl (C=O) groups is 3. The van der Waals surface area contributed by atoms with Crippen molar-refractivity contribution in [2.24, 2.45) is 0 Å². The molecule has 7 rings (SSSR count). The van der Waals surface area contributed by atoms with Gasteiger partial charge in [0.2, 0.25) is 0 Å². The predicted octanol–water partition coefficient (Wildman–Crippen LogP) is 6.72. The number of pyridine rings is 1. The van der Waals surface area contributed by atoms with Gasteiger partial charge in [0.1, 0.15) is 22.8 Å². The van der Waals surface area contributed by atoms with Crippen LogP contribution in [0.2, 0.25) is 0 Å². The Bertz CT molecular complexity index is 2250. The van der Waals surface area contributed by atoms with Crippen LogP contribution in [0.3, 0.4) is 0 Å². The molecule has 4 heterocycles. The number of alkyl halides is 3. The van der Waals surface area contributed by atoms with E-state index in [0.29, 0.717) is 22.2 Å². The summed E-state index contributed by atoms with van der Waals surface area (Å²) in [7, 11) is 0.969. The van der Waals surface area contributed by atoms with Crippen LogP contribution in [0.5, 0.6) is 5.75 Å². The summed E-state index contributed by atoms with van der Waals surface area (Å²) in [6.45, 7) is 1.80. The normalized spacial score (nSPS) is 14.6. The number of amides is 2. The second-order valence-corrected chi connectivity index (χ2v) is 11.1. The molecule has 3 aromatic carbocycles. The van der Waals surface area contributed by atoms with E-state index in [1.807, 2.05) is 24.3 Å². The van der Waals surface area contributed by atoms with E-state index in [2.05, 4.69) is 25.0 Å². The molecule has 1 aliphatic heterocycles. The number of hydrogen-bond acceptors (Lipinski definition) is 6. The van der Waals surface area contributed by atoms with Crippen molar-refractivity contribution in [3.05, 3.63) is 95.1 Å². The number of H-pyrrole nitrogens is 2. The molecular weight excluding hydrogens is 603 g/mol. The van der Waals surface area contributed by atoms with E-state index in [-0.39, 0.29) is 34.5 Å². The number of anilines is 2. The lowest BCUT2D eigenvalue weighted by Gasteiger charge is -2.17. The maximum absolute atomic E-state index is 13.9. The number of nitrogens with zero attached hydrogens (tertiary/aromatic N) is 2. The standard InChI is InChI=1S/C33H24F3N5O5/c1-15-14-41(23-12-24(42)28-26(25(15)23)27(32(45)46-2)29(40-28)33(34,35)36)31(44)22-11-18-9-19(7-8-20(18)39-22)38-30(43)21-10-16-5-3-4-6-17(16)13-37-21/h3-13,15,39-40,42H,14H2,1-2H3,(H,38,43)/t15-/m1/s1. The fourth-order valence-corrected chi connectivity index (χ4v) is 6.14. The molecule has 10 nitrogen and oxygen atoms in total. The minimum Gasteiger partial charge on any atom is -0.506 e. The number of fused-ring (bicyclic) bond motifs is 5. The molecule has 46 heavy (non-hydrogen) atoms. The maximum Gasteiger partial charge on any atom is 0.432 e. The first-order valence-corrected chi connectivity index (χ1v) is 14.1. The van der Waals surface area contributed by atoms with Crippen LogP contribution in [0.25, 0.3) is 32.6 Å². The molecule has 0 saturated carbocycles. The summed E-state index contributed by atoms with van der Waals surface area (Å²) in [6.07, 6.45) is -3.31. The number of phenols is 1. The van der Waals surface area contributed by atoms with Crippen LogP contribution in [0.4, 0.5) is 24.5 Å². The Morgan fingerprint density at radius 2 is 1.78 bits per heavy atom. The Morgan fingerprint density at radius 3 is 2.52 bits per heavy atom. The number of nitrogens with one attached hydrogen (secondary N) is 3. The lowest BCUT2D eigenvalue weighted by molar-refractivity contribution is -0.141. The highest BCUT2D eigenvalue weighted by Crippen LogP contribution is 2.49. The topological polar surface area (TPSA) is 140 Å². The number of carbonyl (C=O) groups excluding carboxylic acids is 3. The second-order valence-electron chi connectivity index (χ2n) is 11.1. The minimum absolute atomic E-state index is 0.0787. The van der Waals surface area contributed by atoms with Crippen LogP contribution >= 0.6 is 0 Å². The molecule has 1 atom stereocenters. The lowest BCUT2D eigenvalue weighted by atomic mass is 9.95. The number of ether oxygens (including phenoxy) is 1. The number of hydrogen-bond donors (Lipinski definition) is 4. The van der Waals surface area contributed by atoms with Crippen LogP contribution < -0.4 is 10.2 Å². The van der Waals surface area contributed by atoms with E-state index >= 15 is 0 Å². The van der Waals surface area contributed by atoms with Gasteiger partial charge in [-0.05, 0) is 41.3 Å². The van der Waals surface area contributed by atoms with E-state index < -0.39 is 46.9 Å². The van der Waals surface area contributed by atoms with Crippen molar-refractivity contribution in [3.8, 4) is 5.75 Å². The number of esters is 1. The SMILES string of the molecule is COC(=O)c1c(C(F)(F)F)[nH]c2c(O)cc3c(c12)[C@H](C)CN3C(=O)c1cc2cc(NC(=O)c3cc4ccccc4cn3)ccc2[nH]1. The third kappa shape index (κ3) is 4.59. The molecule has 0 spiro atoms. The molecule has 2 amide bonds. The highest BCUT2D eigenvalue weighted by Gasteiger charge is 2.43. The van der Waals surface area contributed by atoms with E-state index in [4.69, 9.17) is 0 Å². The fraction of sp³-hybridized carbons (Fsp3) is 0.152. The second kappa shape index (κ2) is 10.4. The number of rotatable bonds is 4. The number of phenolic OH excluding ortho intramolecular Hbond substituents is 1. The molecule has 0 fully saturated rings. The molecular formula is C33H24F3N5O5. The monoisotopic (exact) mass is 627 g/mol. The molecule has 232 valence electrons. The highest BCUT2D eigenvalue weighted by molar-refractivity contribution is 6.15. The van der Waals surface area contributed by atoms with Crippen LogP contribution in [0.1, 0.15) is 55.4 Å². The summed E-state index contributed by atoms with van der Waals surface area (Å²) >= 11 is 0. The summed E-state index contributed by atoms with van der Waals surface area (Å²) in [4.78, 5) is 50.2. The van der Waals surface area contributed by atoms with Gasteiger partial charge in [-0.3, -0.25) is 14.6 Å². The lowest BCUT2D eigenvalue weighted by Crippen LogP contribution is -2.29. The van der Waals surface area contributed by atoms with Gasteiger partial charge in [0.05, 0.1) is 23.9 Å². The Kier molecular flexibility index (Phi) is 6.51. The van der Waals surface area contributed by atoms with Crippen molar-refractivity contribution in [3.63, 3.8) is 0 Å². The van der Waals surface area contributed by atoms with Gasteiger partial charge in [-0.2, -0.15) is 13.2 Å². The van der Waals surface area contributed by atoms with Crippen molar-refractivity contribution < 1.29 is 37.4 Å². The minimum atomic E-state index is -4.94. The maximum atomic E-state index is 13.9. The molecule has 13 heteroatoms. The summed E-state index contributed by atoms with van der Waals surface area (Å²) in [6, 6.07) is 17.1. The largest absolute Gasteiger partial charge is 0.506 e. The van der Waals surface area contributed by atoms with E-state index in [1.165, 1.54) is 11.0 Å². The quantitative estimate of drug-likeness (QED) is 0.160. The van der Waals surface area contributed by atoms with Gasteiger partial charge >= 0.3 is 12.1 Å². The number of aromatic hydroxyl groups is 1. The number of aromatic nitrogens is 3. The first-order chi connectivity index (χ1) is 21.9. The Balaban J connectivity index is 1.22. The molecule has 3 aromatic heterocycles. The Labute approximate surface area is 257 Å². The molecule has 0 aliphatic carbocycles. The Morgan fingerprint density at radius 1 is 1.02 bits per heavy atom. The number of methoxy groups -OCH3 is 1. The van der Waals surface area contributed by atoms with Gasteiger partial charge in [-0.25, -0.2) is 4.79 Å². The van der Waals surface area contributed by atoms with Gasteiger partial charge in [-0.1, -0.05) is 31.2 Å². The summed E-state index contributed by atoms with van der Waals surface area (Å²) < 4.78 is 46.4. The molecule has 6 aromatic rings. The Hall–Kier alpha value is -5.85. The third-order valence-electron chi connectivity index (χ3n) is 8.21. The van der Waals surface area contributed by atoms with Gasteiger partial charge in [0.25, 0.3) is 11.8 Å². The van der Waals surface area contributed by atoms with Gasteiger partial charge < -0.3 is 30.0 Å². The van der Waals surface area contributed by atoms with Crippen molar-refractivity contribution in [2.45, 2.75) is 19.0 Å². The molecule has 0 saturated heterocycles. The number of aromatic amines is 2. The predicted molar refractivity (Wildman–Crippen MR) is 164 cm³/mol. The van der Waals surface area contributed by atoms with E-state index in [0.717, 1.165) is 17.9 Å². The van der Waals surface area contributed by atoms with Gasteiger partial charge in [0, 0.05) is 52.1 Å². The zero-order chi connectivity index (χ0) is 32.5.